The van der Waals surface area contributed by atoms with Gasteiger partial charge in [-0.2, -0.15) is 0 Å². The van der Waals surface area contributed by atoms with E-state index in [-0.39, 0.29) is 17.7 Å². The first kappa shape index (κ1) is 25.4. The average molecular weight is 511 g/mol. The lowest BCUT2D eigenvalue weighted by atomic mass is 10.2. The third kappa shape index (κ3) is 5.28. The molecule has 2 unspecified atom stereocenters. The summed E-state index contributed by atoms with van der Waals surface area (Å²) in [6, 6.07) is 2.02. The number of rotatable bonds is 9. The molecule has 4 N–H and O–H groups in total. The number of aromatic nitrogens is 2. The molecule has 2 aromatic rings. The van der Waals surface area contributed by atoms with E-state index in [1.807, 2.05) is 24.4 Å². The van der Waals surface area contributed by atoms with Gasteiger partial charge in [0.25, 0.3) is 6.43 Å². The zero-order valence-corrected chi connectivity index (χ0v) is 21.5. The number of ether oxygens (including phenoxy) is 1. The minimum atomic E-state index is -2.82. The highest BCUT2D eigenvalue weighted by atomic mass is 32.2. The van der Waals surface area contributed by atoms with Crippen LogP contribution in [0.3, 0.4) is 0 Å². The number of nitrogens with one attached hydrogen (secondary N) is 2. The van der Waals surface area contributed by atoms with Crippen molar-refractivity contribution in [2.45, 2.75) is 69.0 Å². The van der Waals surface area contributed by atoms with Gasteiger partial charge in [0.2, 0.25) is 0 Å². The van der Waals surface area contributed by atoms with Gasteiger partial charge in [-0.3, -0.25) is 14.5 Å². The second-order valence-corrected chi connectivity index (χ2v) is 11.2. The number of methoxy groups -OCH3 is 1. The van der Waals surface area contributed by atoms with Crippen LogP contribution in [0, 0.1) is 5.41 Å². The Morgan fingerprint density at radius 3 is 2.74 bits per heavy atom. The number of anilines is 1. The number of alkyl halides is 2. The van der Waals surface area contributed by atoms with Crippen molar-refractivity contribution in [3.05, 3.63) is 29.9 Å². The molecule has 1 saturated carbocycles. The summed E-state index contributed by atoms with van der Waals surface area (Å²) in [5, 5.41) is 7.09. The number of hydrogen-bond donors (Lipinski definition) is 3. The highest BCUT2D eigenvalue weighted by Gasteiger charge is 2.37. The molecule has 0 amide bonds. The van der Waals surface area contributed by atoms with E-state index in [1.165, 1.54) is 0 Å². The number of fused-ring (bicyclic) bond motifs is 1. The number of hydrogen-bond acceptors (Lipinski definition) is 8. The quantitative estimate of drug-likeness (QED) is 0.254. The highest BCUT2D eigenvalue weighted by molar-refractivity contribution is 8.21. The molecule has 0 bridgehead atoms. The van der Waals surface area contributed by atoms with Gasteiger partial charge in [0.05, 0.1) is 34.5 Å². The van der Waals surface area contributed by atoms with E-state index >= 15 is 0 Å². The van der Waals surface area contributed by atoms with Gasteiger partial charge < -0.3 is 15.4 Å². The molecule has 4 rings (SSSR count). The second kappa shape index (κ2) is 10.1. The lowest BCUT2D eigenvalue weighted by molar-refractivity contribution is 0.108. The zero-order chi connectivity index (χ0) is 24.6. The van der Waals surface area contributed by atoms with Gasteiger partial charge in [0, 0.05) is 36.8 Å². The number of pyridine rings is 1. The number of halogens is 2. The molecule has 7 nitrogen and oxygen atoms in total. The molecule has 0 radical (unpaired) electrons. The first-order valence-electron chi connectivity index (χ1n) is 11.4. The summed E-state index contributed by atoms with van der Waals surface area (Å²) in [4.78, 5) is 8.44. The predicted molar refractivity (Wildman–Crippen MR) is 137 cm³/mol. The number of allylic oxidation sites excluding steroid dienone is 1. The Kier molecular flexibility index (Phi) is 7.58. The Hall–Kier alpha value is -1.66. The third-order valence-corrected chi connectivity index (χ3v) is 8.68. The van der Waals surface area contributed by atoms with Crippen LogP contribution in [0.1, 0.15) is 45.9 Å². The fraction of sp³-hybridized carbons (Fsp3) is 0.565. The van der Waals surface area contributed by atoms with E-state index in [0.29, 0.717) is 30.2 Å². The summed E-state index contributed by atoms with van der Waals surface area (Å²) in [7, 11) is 1.67. The number of imidazole rings is 1. The Morgan fingerprint density at radius 1 is 1.41 bits per heavy atom. The monoisotopic (exact) mass is 510 g/mol. The van der Waals surface area contributed by atoms with Gasteiger partial charge in [-0.05, 0) is 51.1 Å². The van der Waals surface area contributed by atoms with Crippen LogP contribution in [0.2, 0.25) is 0 Å². The van der Waals surface area contributed by atoms with Crippen molar-refractivity contribution in [3.63, 3.8) is 0 Å². The maximum absolute atomic E-state index is 13.2. The van der Waals surface area contributed by atoms with Gasteiger partial charge in [0.1, 0.15) is 5.04 Å². The van der Waals surface area contributed by atoms with Gasteiger partial charge in [-0.15, -0.1) is 0 Å². The SMILES string of the molecule is CCC(C)=C(SC(=N)C(F)F)c1ncc2c(N3CC(N)C(OC)C3)cc(SNC3(C)CC3)cn12. The molecule has 2 aromatic heterocycles. The van der Waals surface area contributed by atoms with E-state index in [1.54, 1.807) is 25.3 Å². The normalized spacial score (nSPS) is 22.5. The van der Waals surface area contributed by atoms with E-state index in [0.717, 1.165) is 46.3 Å². The molecule has 1 saturated heterocycles. The molecule has 186 valence electrons. The van der Waals surface area contributed by atoms with Crippen molar-refractivity contribution in [1.82, 2.24) is 14.1 Å². The van der Waals surface area contributed by atoms with Gasteiger partial charge in [-0.25, -0.2) is 13.8 Å². The second-order valence-electron chi connectivity index (χ2n) is 9.24. The molecule has 0 aromatic carbocycles. The van der Waals surface area contributed by atoms with Gasteiger partial charge in [0.15, 0.2) is 5.82 Å². The standard InChI is InChI=1S/C23H32F2N6OS2/c1-5-13(2)19(33-21(27)20(24)25)22-28-9-17-16(30-11-15(26)18(12-30)32-4)8-14(10-31(17)22)34-29-23(3)6-7-23/h8-10,15,18,20,27,29H,5-7,11-12,26H2,1-4H3. The summed E-state index contributed by atoms with van der Waals surface area (Å²) < 4.78 is 37.5. The minimum absolute atomic E-state index is 0.0675. The van der Waals surface area contributed by atoms with Crippen molar-refractivity contribution in [2.24, 2.45) is 5.73 Å². The fourth-order valence-corrected chi connectivity index (χ4v) is 5.65. The van der Waals surface area contributed by atoms with E-state index in [9.17, 15) is 8.78 Å². The molecule has 2 fully saturated rings. The van der Waals surface area contributed by atoms with Crippen molar-refractivity contribution in [2.75, 3.05) is 25.1 Å². The zero-order valence-electron chi connectivity index (χ0n) is 19.9. The van der Waals surface area contributed by atoms with E-state index < -0.39 is 11.5 Å². The minimum Gasteiger partial charge on any atom is -0.378 e. The summed E-state index contributed by atoms with van der Waals surface area (Å²) in [6.07, 6.45) is 3.82. The maximum atomic E-state index is 13.2. The number of nitrogens with two attached hydrogens (primary N) is 1. The van der Waals surface area contributed by atoms with Crippen LogP contribution < -0.4 is 15.4 Å². The molecule has 0 spiro atoms. The van der Waals surface area contributed by atoms with E-state index in [4.69, 9.17) is 15.9 Å². The Bertz CT molecular complexity index is 1100. The molecule has 11 heteroatoms. The Morgan fingerprint density at radius 2 is 2.15 bits per heavy atom. The third-order valence-electron chi connectivity index (χ3n) is 6.49. The number of thioether (sulfide) groups is 1. The van der Waals surface area contributed by atoms with Gasteiger partial charge >= 0.3 is 0 Å². The largest absolute Gasteiger partial charge is 0.378 e. The van der Waals surface area contributed by atoms with Crippen molar-refractivity contribution in [1.29, 1.82) is 5.41 Å². The first-order valence-corrected chi connectivity index (χ1v) is 13.0. The summed E-state index contributed by atoms with van der Waals surface area (Å²) in [5.74, 6) is 0.567. The van der Waals surface area contributed by atoms with Crippen LogP contribution in [0.15, 0.2) is 28.9 Å². The topological polar surface area (TPSA) is 91.7 Å². The van der Waals surface area contributed by atoms with Crippen LogP contribution in [-0.4, -0.2) is 58.7 Å². The lowest BCUT2D eigenvalue weighted by Crippen LogP contribution is -2.34. The smallest absolute Gasteiger partial charge is 0.285 e. The van der Waals surface area contributed by atoms with Crippen LogP contribution in [0.4, 0.5) is 14.5 Å². The summed E-state index contributed by atoms with van der Waals surface area (Å²) in [5.41, 5.74) is 9.20. The molecule has 3 heterocycles. The molecule has 1 aliphatic heterocycles. The van der Waals surface area contributed by atoms with Crippen molar-refractivity contribution < 1.29 is 13.5 Å². The molecule has 1 aliphatic carbocycles. The first-order chi connectivity index (χ1) is 16.2. The van der Waals surface area contributed by atoms with Crippen LogP contribution in [0.5, 0.6) is 0 Å². The van der Waals surface area contributed by atoms with E-state index in [2.05, 4.69) is 27.6 Å². The molecular formula is C23H32F2N6OS2. The van der Waals surface area contributed by atoms with Crippen LogP contribution >= 0.6 is 23.7 Å². The molecular weight excluding hydrogens is 478 g/mol. The maximum Gasteiger partial charge on any atom is 0.285 e. The van der Waals surface area contributed by atoms with Gasteiger partial charge in [-0.1, -0.05) is 24.3 Å². The summed E-state index contributed by atoms with van der Waals surface area (Å²) >= 11 is 2.36. The summed E-state index contributed by atoms with van der Waals surface area (Å²) in [6.45, 7) is 7.38. The van der Waals surface area contributed by atoms with Crippen LogP contribution in [-0.2, 0) is 4.74 Å². The lowest BCUT2D eigenvalue weighted by Gasteiger charge is -2.21. The number of nitrogens with zero attached hydrogens (tertiary/aromatic N) is 3. The molecule has 2 atom stereocenters. The Balaban J connectivity index is 1.80. The fourth-order valence-electron chi connectivity index (χ4n) is 3.89. The predicted octanol–water partition coefficient (Wildman–Crippen LogP) is 4.76. The van der Waals surface area contributed by atoms with Crippen LogP contribution in [0.25, 0.3) is 10.4 Å². The average Bonchev–Trinajstić information content (AvgIpc) is 3.23. The molecule has 34 heavy (non-hydrogen) atoms. The highest BCUT2D eigenvalue weighted by Crippen LogP contribution is 2.40. The Labute approximate surface area is 207 Å². The van der Waals surface area contributed by atoms with Crippen molar-refractivity contribution >= 4 is 44.9 Å². The molecule has 2 aliphatic rings. The van der Waals surface area contributed by atoms with Crippen molar-refractivity contribution in [3.8, 4) is 0 Å².